The minimum Gasteiger partial charge on any atom is -0.481 e. The van der Waals surface area contributed by atoms with Gasteiger partial charge in [0.05, 0.1) is 10.9 Å². The Morgan fingerprint density at radius 3 is 2.51 bits per heavy atom. The summed E-state index contributed by atoms with van der Waals surface area (Å²) in [4.78, 5) is 29.3. The van der Waals surface area contributed by atoms with E-state index in [9.17, 15) is 9.59 Å². The predicted octanol–water partition coefficient (Wildman–Crippen LogP) is 7.06. The lowest BCUT2D eigenvalue weighted by molar-refractivity contribution is -0.147. The number of fused-ring (bicyclic) bond motifs is 2. The van der Waals surface area contributed by atoms with Crippen molar-refractivity contribution in [3.63, 3.8) is 0 Å². The van der Waals surface area contributed by atoms with Gasteiger partial charge in [-0.15, -0.1) is 12.4 Å². The van der Waals surface area contributed by atoms with Crippen LogP contribution in [0.2, 0.25) is 0 Å². The first-order chi connectivity index (χ1) is 20.2. The fourth-order valence-electron chi connectivity index (χ4n) is 6.17. The predicted molar refractivity (Wildman–Crippen MR) is 173 cm³/mol. The topological polar surface area (TPSA) is 95.7 Å². The van der Waals surface area contributed by atoms with Crippen molar-refractivity contribution < 1.29 is 19.8 Å². The summed E-state index contributed by atoms with van der Waals surface area (Å²) in [5.74, 6) is -1.41. The van der Waals surface area contributed by atoms with Gasteiger partial charge in [0.2, 0.25) is 0 Å². The van der Waals surface area contributed by atoms with Gasteiger partial charge in [-0.2, -0.15) is 0 Å². The molecule has 8 heteroatoms. The molecule has 2 atom stereocenters. The highest BCUT2D eigenvalue weighted by Gasteiger charge is 2.43. The molecule has 2 unspecified atom stereocenters. The molecule has 1 aliphatic carbocycles. The van der Waals surface area contributed by atoms with E-state index in [1.807, 2.05) is 6.20 Å². The van der Waals surface area contributed by atoms with Crippen molar-refractivity contribution in [3.8, 4) is 0 Å². The van der Waals surface area contributed by atoms with Gasteiger partial charge >= 0.3 is 11.9 Å². The van der Waals surface area contributed by atoms with Crippen LogP contribution < -0.4 is 4.90 Å². The minimum atomic E-state index is -1.11. The van der Waals surface area contributed by atoms with E-state index in [-0.39, 0.29) is 18.0 Å². The Hall–Kier alpha value is -4.36. The number of carboxylic acid groups (broad SMARTS) is 2. The number of benzene rings is 2. The summed E-state index contributed by atoms with van der Waals surface area (Å²) in [5, 5.41) is 19.3. The molecule has 1 aliphatic heterocycles. The molecule has 6 rings (SSSR count). The Morgan fingerprint density at radius 1 is 1.05 bits per heavy atom. The number of halogens is 1. The van der Waals surface area contributed by atoms with E-state index >= 15 is 0 Å². The van der Waals surface area contributed by atoms with Gasteiger partial charge in [-0.25, -0.2) is 9.78 Å². The maximum Gasteiger partial charge on any atom is 0.331 e. The van der Waals surface area contributed by atoms with Crippen molar-refractivity contribution in [1.82, 2.24) is 9.55 Å². The van der Waals surface area contributed by atoms with Crippen LogP contribution in [0, 0.1) is 18.3 Å². The number of nitrogens with zero attached hydrogens (tertiary/aromatic N) is 3. The Morgan fingerprint density at radius 2 is 1.81 bits per heavy atom. The maximum atomic E-state index is 11.1. The maximum absolute atomic E-state index is 11.1. The van der Waals surface area contributed by atoms with E-state index in [2.05, 4.69) is 83.3 Å². The summed E-state index contributed by atoms with van der Waals surface area (Å²) in [6.45, 7) is 8.30. The van der Waals surface area contributed by atoms with E-state index in [1.165, 1.54) is 45.3 Å². The van der Waals surface area contributed by atoms with Gasteiger partial charge < -0.3 is 19.7 Å². The first-order valence-electron chi connectivity index (χ1n) is 14.4. The largest absolute Gasteiger partial charge is 0.481 e. The Balaban J connectivity index is 0.000000228. The Kier molecular flexibility index (Phi) is 9.77. The zero-order valence-corrected chi connectivity index (χ0v) is 25.6. The molecule has 0 bridgehead atoms. The molecule has 43 heavy (non-hydrogen) atoms. The van der Waals surface area contributed by atoms with Gasteiger partial charge in [0.25, 0.3) is 0 Å². The van der Waals surface area contributed by atoms with Crippen LogP contribution in [0.3, 0.4) is 0 Å². The molecule has 0 saturated carbocycles. The fraction of sp³-hybridized carbons (Fsp3) is 0.286. The van der Waals surface area contributed by atoms with Crippen LogP contribution in [-0.4, -0.2) is 38.2 Å². The van der Waals surface area contributed by atoms with Gasteiger partial charge in [-0.3, -0.25) is 4.79 Å². The highest BCUT2D eigenvalue weighted by atomic mass is 35.5. The minimum absolute atomic E-state index is 0. The van der Waals surface area contributed by atoms with Gasteiger partial charge in [0.1, 0.15) is 0 Å². The smallest absolute Gasteiger partial charge is 0.331 e. The van der Waals surface area contributed by atoms with Crippen LogP contribution in [0.5, 0.6) is 0 Å². The monoisotopic (exact) mass is 599 g/mol. The van der Waals surface area contributed by atoms with Crippen molar-refractivity contribution in [2.75, 3.05) is 11.4 Å². The van der Waals surface area contributed by atoms with E-state index in [1.54, 1.807) is 19.9 Å². The molecule has 2 aliphatic rings. The van der Waals surface area contributed by atoms with Gasteiger partial charge in [0, 0.05) is 48.9 Å². The molecule has 224 valence electrons. The van der Waals surface area contributed by atoms with Crippen LogP contribution >= 0.6 is 12.4 Å². The SMILES string of the molecule is CCC1C(C(=O)O)=CC=CC1(C)C(=O)O.Cc1cccc(Cn2ccc3ccnc(N4CCc5ccccc5C4)c32)c1.Cl. The standard InChI is InChI=1S/C24H23N3.C11H14O4.ClH/c1-18-5-4-6-19(15-18)16-26-13-11-21-9-12-25-24(23(21)26)27-14-10-20-7-2-3-8-22(20)17-27;1-3-8-7(9(12)13)5-4-6-11(8,2)10(14)15;/h2-9,11-13,15H,10,14,16-17H2,1H3;4-6,8H,3H2,1-2H3,(H,12,13)(H,14,15);1H. The second-order valence-corrected chi connectivity index (χ2v) is 11.3. The first kappa shape index (κ1) is 31.6. The number of aliphatic carboxylic acids is 2. The summed E-state index contributed by atoms with van der Waals surface area (Å²) in [6.07, 6.45) is 10.2. The highest BCUT2D eigenvalue weighted by molar-refractivity contribution is 5.91. The zero-order chi connectivity index (χ0) is 29.9. The quantitative estimate of drug-likeness (QED) is 0.246. The summed E-state index contributed by atoms with van der Waals surface area (Å²) in [6, 6.07) is 21.8. The van der Waals surface area contributed by atoms with Crippen molar-refractivity contribution in [3.05, 3.63) is 119 Å². The van der Waals surface area contributed by atoms with Crippen molar-refractivity contribution >= 4 is 41.1 Å². The van der Waals surface area contributed by atoms with Gasteiger partial charge in [-0.1, -0.05) is 79.2 Å². The van der Waals surface area contributed by atoms with Crippen molar-refractivity contribution in [2.24, 2.45) is 11.3 Å². The van der Waals surface area contributed by atoms with E-state index in [0.29, 0.717) is 6.42 Å². The molecule has 0 amide bonds. The lowest BCUT2D eigenvalue weighted by Crippen LogP contribution is -2.38. The first-order valence-corrected chi connectivity index (χ1v) is 14.4. The van der Waals surface area contributed by atoms with Crippen LogP contribution in [0.4, 0.5) is 5.82 Å². The number of carboxylic acids is 2. The number of carbonyl (C=O) groups is 2. The number of aryl methyl sites for hydroxylation is 1. The third kappa shape index (κ3) is 6.52. The van der Waals surface area contributed by atoms with Crippen LogP contribution in [0.1, 0.15) is 42.5 Å². The number of anilines is 1. The summed E-state index contributed by atoms with van der Waals surface area (Å²) >= 11 is 0. The second kappa shape index (κ2) is 13.3. The number of rotatable bonds is 6. The fourth-order valence-corrected chi connectivity index (χ4v) is 6.17. The molecule has 3 heterocycles. The number of allylic oxidation sites excluding steroid dienone is 2. The number of aromatic nitrogens is 2. The normalized spacial score (nSPS) is 19.0. The molecule has 2 aromatic carbocycles. The zero-order valence-electron chi connectivity index (χ0n) is 24.7. The molecule has 4 aromatic rings. The van der Waals surface area contributed by atoms with Crippen LogP contribution in [-0.2, 0) is 29.1 Å². The average Bonchev–Trinajstić information content (AvgIpc) is 3.39. The summed E-state index contributed by atoms with van der Waals surface area (Å²) < 4.78 is 2.34. The Labute approximate surface area is 258 Å². The molecule has 0 fully saturated rings. The lowest BCUT2D eigenvalue weighted by Gasteiger charge is -2.33. The van der Waals surface area contributed by atoms with Crippen molar-refractivity contribution in [2.45, 2.75) is 46.7 Å². The molecule has 0 spiro atoms. The highest BCUT2D eigenvalue weighted by Crippen LogP contribution is 2.40. The van der Waals surface area contributed by atoms with E-state index in [0.717, 1.165) is 31.9 Å². The van der Waals surface area contributed by atoms with Gasteiger partial charge in [-0.05, 0) is 55.5 Å². The number of pyridine rings is 1. The molecular weight excluding hydrogens is 562 g/mol. The molecular formula is C35H38ClN3O4. The number of hydrogen-bond acceptors (Lipinski definition) is 4. The second-order valence-electron chi connectivity index (χ2n) is 11.3. The van der Waals surface area contributed by atoms with Crippen molar-refractivity contribution in [1.29, 1.82) is 0 Å². The third-order valence-corrected chi connectivity index (χ3v) is 8.46. The van der Waals surface area contributed by atoms with Gasteiger partial charge in [0.15, 0.2) is 5.82 Å². The third-order valence-electron chi connectivity index (χ3n) is 8.46. The average molecular weight is 600 g/mol. The molecule has 2 aromatic heterocycles. The summed E-state index contributed by atoms with van der Waals surface area (Å²) in [7, 11) is 0. The molecule has 7 nitrogen and oxygen atoms in total. The van der Waals surface area contributed by atoms with Crippen LogP contribution in [0.25, 0.3) is 10.9 Å². The summed E-state index contributed by atoms with van der Waals surface area (Å²) in [5.41, 5.74) is 5.80. The van der Waals surface area contributed by atoms with Crippen LogP contribution in [0.15, 0.2) is 96.9 Å². The molecule has 2 N–H and O–H groups in total. The Bertz CT molecular complexity index is 1690. The van der Waals surface area contributed by atoms with E-state index in [4.69, 9.17) is 15.2 Å². The number of hydrogen-bond donors (Lipinski definition) is 2. The lowest BCUT2D eigenvalue weighted by atomic mass is 9.69. The molecule has 0 saturated heterocycles. The van der Waals surface area contributed by atoms with E-state index < -0.39 is 23.3 Å². The molecule has 0 radical (unpaired) electrons.